The molecule has 0 heterocycles. The van der Waals surface area contributed by atoms with E-state index in [1.54, 1.807) is 18.2 Å². The van der Waals surface area contributed by atoms with Gasteiger partial charge in [-0.05, 0) is 37.5 Å². The molecule has 4 nitrogen and oxygen atoms in total. The number of anilines is 1. The van der Waals surface area contributed by atoms with Crippen LogP contribution in [-0.2, 0) is 9.53 Å². The highest BCUT2D eigenvalue weighted by Gasteiger charge is 2.25. The minimum Gasteiger partial charge on any atom is -0.465 e. The van der Waals surface area contributed by atoms with Crippen LogP contribution in [0.25, 0.3) is 0 Å². The van der Waals surface area contributed by atoms with Gasteiger partial charge in [-0.2, -0.15) is 0 Å². The highest BCUT2D eigenvalue weighted by atomic mass is 16.5. The van der Waals surface area contributed by atoms with Crippen molar-refractivity contribution in [2.75, 3.05) is 12.4 Å². The number of methoxy groups -OCH3 is 1. The molecule has 0 aliphatic heterocycles. The molecule has 0 aromatic heterocycles. The zero-order valence-corrected chi connectivity index (χ0v) is 10.7. The first-order valence-electron chi connectivity index (χ1n) is 6.12. The van der Waals surface area contributed by atoms with Gasteiger partial charge in [-0.3, -0.25) is 4.79 Å². The second kappa shape index (κ2) is 5.21. The van der Waals surface area contributed by atoms with Gasteiger partial charge < -0.3 is 10.1 Å². The molecule has 0 bridgehead atoms. The molecule has 96 valence electrons. The van der Waals surface area contributed by atoms with Gasteiger partial charge in [0.2, 0.25) is 5.91 Å². The summed E-state index contributed by atoms with van der Waals surface area (Å²) >= 11 is 0. The van der Waals surface area contributed by atoms with Crippen LogP contribution in [0.4, 0.5) is 5.69 Å². The number of esters is 1. The first-order valence-corrected chi connectivity index (χ1v) is 6.12. The van der Waals surface area contributed by atoms with Gasteiger partial charge in [-0.15, -0.1) is 0 Å². The van der Waals surface area contributed by atoms with E-state index in [-0.39, 0.29) is 17.8 Å². The Morgan fingerprint density at radius 3 is 2.61 bits per heavy atom. The van der Waals surface area contributed by atoms with Gasteiger partial charge in [-0.1, -0.05) is 12.5 Å². The molecule has 1 saturated carbocycles. The monoisotopic (exact) mass is 247 g/mol. The van der Waals surface area contributed by atoms with Crippen LogP contribution in [0.3, 0.4) is 0 Å². The molecule has 1 aromatic carbocycles. The van der Waals surface area contributed by atoms with Crippen LogP contribution in [0.15, 0.2) is 18.2 Å². The highest BCUT2D eigenvalue weighted by Crippen LogP contribution is 2.28. The maximum atomic E-state index is 11.9. The lowest BCUT2D eigenvalue weighted by atomic mass is 9.84. The number of hydrogen-bond acceptors (Lipinski definition) is 3. The molecule has 1 aliphatic rings. The summed E-state index contributed by atoms with van der Waals surface area (Å²) in [7, 11) is 1.35. The lowest BCUT2D eigenvalue weighted by Crippen LogP contribution is -2.28. The third-order valence-electron chi connectivity index (χ3n) is 3.47. The summed E-state index contributed by atoms with van der Waals surface area (Å²) in [5.74, 6) is -0.204. The normalized spacial score (nSPS) is 14.8. The smallest absolute Gasteiger partial charge is 0.338 e. The Morgan fingerprint density at radius 1 is 1.33 bits per heavy atom. The van der Waals surface area contributed by atoms with Crippen LogP contribution in [0.1, 0.15) is 35.2 Å². The largest absolute Gasteiger partial charge is 0.465 e. The SMILES string of the molecule is COC(=O)c1cccc(NC(=O)C2CCC2)c1C. The predicted molar refractivity (Wildman–Crippen MR) is 68.5 cm³/mol. The first-order chi connectivity index (χ1) is 8.63. The fraction of sp³-hybridized carbons (Fsp3) is 0.429. The Kier molecular flexibility index (Phi) is 3.65. The van der Waals surface area contributed by atoms with E-state index in [2.05, 4.69) is 5.32 Å². The van der Waals surface area contributed by atoms with Crippen LogP contribution >= 0.6 is 0 Å². The second-order valence-corrected chi connectivity index (χ2v) is 4.59. The topological polar surface area (TPSA) is 55.4 Å². The Hall–Kier alpha value is -1.84. The standard InChI is InChI=1S/C14H17NO3/c1-9-11(14(17)18-2)7-4-8-12(9)15-13(16)10-5-3-6-10/h4,7-8,10H,3,5-6H2,1-2H3,(H,15,16). The van der Waals surface area contributed by atoms with E-state index in [0.29, 0.717) is 11.3 Å². The quantitative estimate of drug-likeness (QED) is 0.835. The lowest BCUT2D eigenvalue weighted by Gasteiger charge is -2.24. The Balaban J connectivity index is 2.17. The maximum Gasteiger partial charge on any atom is 0.338 e. The average molecular weight is 247 g/mol. The molecule has 0 saturated heterocycles. The zero-order chi connectivity index (χ0) is 13.1. The van der Waals surface area contributed by atoms with Crippen LogP contribution in [-0.4, -0.2) is 19.0 Å². The Labute approximate surface area is 106 Å². The Morgan fingerprint density at radius 2 is 2.06 bits per heavy atom. The molecule has 0 radical (unpaired) electrons. The van der Waals surface area contributed by atoms with E-state index in [9.17, 15) is 9.59 Å². The van der Waals surface area contributed by atoms with E-state index in [0.717, 1.165) is 24.8 Å². The summed E-state index contributed by atoms with van der Waals surface area (Å²) in [4.78, 5) is 23.4. The van der Waals surface area contributed by atoms with E-state index in [4.69, 9.17) is 4.74 Å². The van der Waals surface area contributed by atoms with Gasteiger partial charge >= 0.3 is 5.97 Å². The van der Waals surface area contributed by atoms with Crippen LogP contribution in [0.2, 0.25) is 0 Å². The summed E-state index contributed by atoms with van der Waals surface area (Å²) < 4.78 is 4.71. The number of carbonyl (C=O) groups is 2. The second-order valence-electron chi connectivity index (χ2n) is 4.59. The number of benzene rings is 1. The van der Waals surface area contributed by atoms with Crippen LogP contribution in [0.5, 0.6) is 0 Å². The predicted octanol–water partition coefficient (Wildman–Crippen LogP) is 2.52. The summed E-state index contributed by atoms with van der Waals surface area (Å²) in [6, 6.07) is 5.24. The fourth-order valence-corrected chi connectivity index (χ4v) is 2.01. The minimum atomic E-state index is -0.382. The molecular weight excluding hydrogens is 230 g/mol. The van der Waals surface area contributed by atoms with Crippen molar-refractivity contribution in [3.8, 4) is 0 Å². The van der Waals surface area contributed by atoms with Crippen LogP contribution < -0.4 is 5.32 Å². The number of carbonyl (C=O) groups excluding carboxylic acids is 2. The molecule has 2 rings (SSSR count). The third-order valence-corrected chi connectivity index (χ3v) is 3.47. The van der Waals surface area contributed by atoms with Crippen molar-refractivity contribution in [3.05, 3.63) is 29.3 Å². The highest BCUT2D eigenvalue weighted by molar-refractivity contribution is 5.97. The van der Waals surface area contributed by atoms with Gasteiger partial charge in [0.05, 0.1) is 12.7 Å². The lowest BCUT2D eigenvalue weighted by molar-refractivity contribution is -0.122. The molecule has 1 N–H and O–H groups in total. The summed E-state index contributed by atoms with van der Waals surface area (Å²) in [6.07, 6.45) is 3.04. The van der Waals surface area contributed by atoms with Gasteiger partial charge in [0, 0.05) is 11.6 Å². The van der Waals surface area contributed by atoms with Gasteiger partial charge in [0.1, 0.15) is 0 Å². The van der Waals surface area contributed by atoms with Crippen molar-refractivity contribution in [2.45, 2.75) is 26.2 Å². The number of rotatable bonds is 3. The van der Waals surface area contributed by atoms with Crippen molar-refractivity contribution < 1.29 is 14.3 Å². The molecule has 1 aliphatic carbocycles. The third kappa shape index (κ3) is 2.37. The fourth-order valence-electron chi connectivity index (χ4n) is 2.01. The number of ether oxygens (including phenoxy) is 1. The van der Waals surface area contributed by atoms with Crippen molar-refractivity contribution in [1.82, 2.24) is 0 Å². The number of nitrogens with one attached hydrogen (secondary N) is 1. The van der Waals surface area contributed by atoms with Crippen molar-refractivity contribution in [2.24, 2.45) is 5.92 Å². The summed E-state index contributed by atoms with van der Waals surface area (Å²) in [5, 5.41) is 2.88. The van der Waals surface area contributed by atoms with Gasteiger partial charge in [0.15, 0.2) is 0 Å². The number of hydrogen-bond donors (Lipinski definition) is 1. The molecule has 4 heteroatoms. The number of amides is 1. The van der Waals surface area contributed by atoms with E-state index >= 15 is 0 Å². The molecule has 0 spiro atoms. The van der Waals surface area contributed by atoms with Crippen molar-refractivity contribution >= 4 is 17.6 Å². The maximum absolute atomic E-state index is 11.9. The molecular formula is C14H17NO3. The van der Waals surface area contributed by atoms with Crippen molar-refractivity contribution in [1.29, 1.82) is 0 Å². The molecule has 18 heavy (non-hydrogen) atoms. The first kappa shape index (κ1) is 12.6. The summed E-state index contributed by atoms with van der Waals surface area (Å²) in [5.41, 5.74) is 1.93. The zero-order valence-electron chi connectivity index (χ0n) is 10.7. The van der Waals surface area contributed by atoms with Gasteiger partial charge in [-0.25, -0.2) is 4.79 Å². The van der Waals surface area contributed by atoms with Crippen molar-refractivity contribution in [3.63, 3.8) is 0 Å². The van der Waals surface area contributed by atoms with E-state index in [1.807, 2.05) is 6.92 Å². The summed E-state index contributed by atoms with van der Waals surface area (Å²) in [6.45, 7) is 1.81. The van der Waals surface area contributed by atoms with Gasteiger partial charge in [0.25, 0.3) is 0 Å². The molecule has 1 amide bonds. The molecule has 1 fully saturated rings. The van der Waals surface area contributed by atoms with Crippen LogP contribution in [0, 0.1) is 12.8 Å². The van der Waals surface area contributed by atoms with E-state index < -0.39 is 0 Å². The minimum absolute atomic E-state index is 0.0476. The molecule has 0 atom stereocenters. The Bertz CT molecular complexity index is 478. The molecule has 0 unspecified atom stereocenters. The average Bonchev–Trinajstić information content (AvgIpc) is 2.28. The molecule has 1 aromatic rings. The van der Waals surface area contributed by atoms with E-state index in [1.165, 1.54) is 7.11 Å².